The van der Waals surface area contributed by atoms with Crippen molar-refractivity contribution in [1.29, 1.82) is 0 Å². The van der Waals surface area contributed by atoms with E-state index in [4.69, 9.17) is 13.9 Å². The summed E-state index contributed by atoms with van der Waals surface area (Å²) < 4.78 is 29.8. The number of hydrogen-bond acceptors (Lipinski definition) is 5. The summed E-state index contributed by atoms with van der Waals surface area (Å²) in [5.41, 5.74) is 3.85. The predicted octanol–water partition coefficient (Wildman–Crippen LogP) is 5.55. The van der Waals surface area contributed by atoms with E-state index in [1.165, 1.54) is 24.3 Å². The number of hydrogen-bond donors (Lipinski definition) is 1. The third kappa shape index (κ3) is 5.04. The van der Waals surface area contributed by atoms with Gasteiger partial charge in [0.05, 0.1) is 14.2 Å². The number of carbonyl (C=O) groups excluding carboxylic acids is 2. The molecule has 1 aliphatic rings. The third-order valence-electron chi connectivity index (χ3n) is 6.36. The highest BCUT2D eigenvalue weighted by Crippen LogP contribution is 2.34. The number of fused-ring (bicyclic) bond motifs is 1. The van der Waals surface area contributed by atoms with Crippen molar-refractivity contribution in [3.63, 3.8) is 0 Å². The highest BCUT2D eigenvalue weighted by molar-refractivity contribution is 6.04. The third-order valence-corrected chi connectivity index (χ3v) is 6.36. The zero-order chi connectivity index (χ0) is 25.9. The molecular formula is C29H25FN2O5. The van der Waals surface area contributed by atoms with Crippen LogP contribution in [-0.2, 0) is 13.0 Å². The van der Waals surface area contributed by atoms with Gasteiger partial charge in [-0.15, -0.1) is 0 Å². The first-order valence-corrected chi connectivity index (χ1v) is 11.8. The lowest BCUT2D eigenvalue weighted by Crippen LogP contribution is -2.35. The number of rotatable bonds is 6. The van der Waals surface area contributed by atoms with Crippen LogP contribution in [-0.4, -0.2) is 37.5 Å². The van der Waals surface area contributed by atoms with E-state index >= 15 is 0 Å². The van der Waals surface area contributed by atoms with Gasteiger partial charge in [0.2, 0.25) is 0 Å². The summed E-state index contributed by atoms with van der Waals surface area (Å²) in [6.07, 6.45) is 0.708. The monoisotopic (exact) mass is 500 g/mol. The lowest BCUT2D eigenvalue weighted by molar-refractivity contribution is 0.0703. The smallest absolute Gasteiger partial charge is 0.289 e. The van der Waals surface area contributed by atoms with E-state index in [9.17, 15) is 14.0 Å². The fourth-order valence-electron chi connectivity index (χ4n) is 4.34. The topological polar surface area (TPSA) is 81.0 Å². The molecule has 1 aromatic heterocycles. The molecule has 0 unspecified atom stereocenters. The van der Waals surface area contributed by atoms with Gasteiger partial charge in [-0.3, -0.25) is 9.59 Å². The standard InChI is InChI=1S/C29H25FN2O5/c1-35-26-15-20-13-14-32(17-21(20)16-27(26)36-2)29(34)25-12-11-24(37-25)18-5-9-23(10-6-18)31-28(33)19-3-7-22(30)8-4-19/h3-12,15-16H,13-14,17H2,1-2H3,(H,31,33). The maximum absolute atomic E-state index is 13.2. The van der Waals surface area contributed by atoms with Crippen LogP contribution in [0.25, 0.3) is 11.3 Å². The molecule has 1 aliphatic heterocycles. The van der Waals surface area contributed by atoms with Gasteiger partial charge < -0.3 is 24.1 Å². The van der Waals surface area contributed by atoms with Crippen molar-refractivity contribution in [2.45, 2.75) is 13.0 Å². The summed E-state index contributed by atoms with van der Waals surface area (Å²) in [5.74, 6) is 1.19. The molecule has 0 bridgehead atoms. The van der Waals surface area contributed by atoms with Crippen molar-refractivity contribution in [3.8, 4) is 22.8 Å². The van der Waals surface area contributed by atoms with E-state index in [0.29, 0.717) is 48.0 Å². The number of anilines is 1. The van der Waals surface area contributed by atoms with Crippen LogP contribution < -0.4 is 14.8 Å². The molecule has 4 aromatic rings. The number of nitrogens with zero attached hydrogens (tertiary/aromatic N) is 1. The number of furan rings is 1. The Balaban J connectivity index is 1.26. The van der Waals surface area contributed by atoms with Gasteiger partial charge in [-0.1, -0.05) is 0 Å². The van der Waals surface area contributed by atoms with Gasteiger partial charge in [-0.2, -0.15) is 0 Å². The Kier molecular flexibility index (Phi) is 6.64. The number of carbonyl (C=O) groups is 2. The summed E-state index contributed by atoms with van der Waals surface area (Å²) in [6.45, 7) is 1.02. The molecule has 0 saturated heterocycles. The second-order valence-electron chi connectivity index (χ2n) is 8.65. The number of halogens is 1. The molecule has 3 aromatic carbocycles. The van der Waals surface area contributed by atoms with Crippen LogP contribution in [0.4, 0.5) is 10.1 Å². The van der Waals surface area contributed by atoms with Crippen LogP contribution in [0.1, 0.15) is 32.0 Å². The minimum atomic E-state index is -0.400. The van der Waals surface area contributed by atoms with Crippen LogP contribution in [0.5, 0.6) is 11.5 Å². The Labute approximate surface area is 213 Å². The van der Waals surface area contributed by atoms with Crippen LogP contribution in [0.15, 0.2) is 77.2 Å². The van der Waals surface area contributed by atoms with E-state index in [1.54, 1.807) is 55.5 Å². The van der Waals surface area contributed by atoms with Crippen LogP contribution in [0.3, 0.4) is 0 Å². The molecule has 2 amide bonds. The van der Waals surface area contributed by atoms with Gasteiger partial charge in [-0.05, 0) is 90.3 Å². The van der Waals surface area contributed by atoms with Crippen molar-refractivity contribution >= 4 is 17.5 Å². The van der Waals surface area contributed by atoms with Crippen LogP contribution in [0.2, 0.25) is 0 Å². The van der Waals surface area contributed by atoms with Crippen LogP contribution in [0, 0.1) is 5.82 Å². The van der Waals surface area contributed by atoms with Gasteiger partial charge in [0.25, 0.3) is 11.8 Å². The van der Waals surface area contributed by atoms with Gasteiger partial charge in [0.15, 0.2) is 17.3 Å². The van der Waals surface area contributed by atoms with E-state index in [1.807, 2.05) is 12.1 Å². The molecule has 0 saturated carbocycles. The van der Waals surface area contributed by atoms with Crippen molar-refractivity contribution in [3.05, 3.63) is 101 Å². The Morgan fingerprint density at radius 3 is 2.24 bits per heavy atom. The quantitative estimate of drug-likeness (QED) is 0.375. The number of nitrogens with one attached hydrogen (secondary N) is 1. The molecule has 0 radical (unpaired) electrons. The highest BCUT2D eigenvalue weighted by atomic mass is 19.1. The number of amides is 2. The van der Waals surface area contributed by atoms with Gasteiger partial charge in [-0.25, -0.2) is 4.39 Å². The zero-order valence-corrected chi connectivity index (χ0v) is 20.4. The first kappa shape index (κ1) is 24.1. The summed E-state index contributed by atoms with van der Waals surface area (Å²) >= 11 is 0. The normalized spacial score (nSPS) is 12.6. The molecule has 1 N–H and O–H groups in total. The fourth-order valence-corrected chi connectivity index (χ4v) is 4.34. The molecule has 0 spiro atoms. The fraction of sp³-hybridized carbons (Fsp3) is 0.172. The van der Waals surface area contributed by atoms with E-state index in [-0.39, 0.29) is 17.6 Å². The lowest BCUT2D eigenvalue weighted by Gasteiger charge is -2.29. The average Bonchev–Trinajstić information content (AvgIpc) is 3.42. The highest BCUT2D eigenvalue weighted by Gasteiger charge is 2.25. The summed E-state index contributed by atoms with van der Waals surface area (Å²) in [5, 5.41) is 2.78. The second kappa shape index (κ2) is 10.2. The molecule has 8 heteroatoms. The first-order chi connectivity index (χ1) is 17.9. The van der Waals surface area contributed by atoms with Crippen molar-refractivity contribution in [2.75, 3.05) is 26.1 Å². The van der Waals surface area contributed by atoms with E-state index in [2.05, 4.69) is 5.32 Å². The van der Waals surface area contributed by atoms with Gasteiger partial charge in [0, 0.05) is 29.9 Å². The molecule has 7 nitrogen and oxygen atoms in total. The molecule has 0 atom stereocenters. The summed E-state index contributed by atoms with van der Waals surface area (Å²) in [4.78, 5) is 27.3. The van der Waals surface area contributed by atoms with Crippen molar-refractivity contribution in [2.24, 2.45) is 0 Å². The molecule has 0 aliphatic carbocycles. The second-order valence-corrected chi connectivity index (χ2v) is 8.65. The van der Waals surface area contributed by atoms with Crippen molar-refractivity contribution in [1.82, 2.24) is 4.90 Å². The Morgan fingerprint density at radius 1 is 0.892 bits per heavy atom. The average molecular weight is 501 g/mol. The van der Waals surface area contributed by atoms with E-state index < -0.39 is 5.82 Å². The number of ether oxygens (including phenoxy) is 2. The Morgan fingerprint density at radius 2 is 1.57 bits per heavy atom. The number of benzene rings is 3. The zero-order valence-electron chi connectivity index (χ0n) is 20.4. The molecule has 2 heterocycles. The maximum atomic E-state index is 13.2. The Hall–Kier alpha value is -4.59. The predicted molar refractivity (Wildman–Crippen MR) is 136 cm³/mol. The minimum Gasteiger partial charge on any atom is -0.493 e. The van der Waals surface area contributed by atoms with Crippen LogP contribution >= 0.6 is 0 Å². The molecule has 188 valence electrons. The molecule has 5 rings (SSSR count). The minimum absolute atomic E-state index is 0.185. The first-order valence-electron chi connectivity index (χ1n) is 11.8. The summed E-state index contributed by atoms with van der Waals surface area (Å²) in [6, 6.07) is 19.7. The number of methoxy groups -OCH3 is 2. The molecular weight excluding hydrogens is 475 g/mol. The molecule has 37 heavy (non-hydrogen) atoms. The largest absolute Gasteiger partial charge is 0.493 e. The van der Waals surface area contributed by atoms with E-state index in [0.717, 1.165) is 16.7 Å². The summed E-state index contributed by atoms with van der Waals surface area (Å²) in [7, 11) is 3.20. The van der Waals surface area contributed by atoms with Gasteiger partial charge in [0.1, 0.15) is 11.6 Å². The molecule has 0 fully saturated rings. The van der Waals surface area contributed by atoms with Crippen molar-refractivity contribution < 1.29 is 27.9 Å². The van der Waals surface area contributed by atoms with Gasteiger partial charge >= 0.3 is 0 Å². The lowest BCUT2D eigenvalue weighted by atomic mass is 9.98. The Bertz CT molecular complexity index is 1440. The SMILES string of the molecule is COc1cc2c(cc1OC)CN(C(=O)c1ccc(-c3ccc(NC(=O)c4ccc(F)cc4)cc3)o1)CC2. The maximum Gasteiger partial charge on any atom is 0.289 e.